The van der Waals surface area contributed by atoms with Crippen LogP contribution in [0.4, 0.5) is 5.13 Å². The zero-order chi connectivity index (χ0) is 12.5. The summed E-state index contributed by atoms with van der Waals surface area (Å²) < 4.78 is 27.6. The van der Waals surface area contributed by atoms with Crippen molar-refractivity contribution in [3.63, 3.8) is 0 Å². The Bertz CT molecular complexity index is 635. The number of nitrogen functional groups attached to an aromatic ring is 1. The minimum absolute atomic E-state index is 0.106. The first-order valence-corrected chi connectivity index (χ1v) is 7.27. The number of aryl methyl sites for hydroxylation is 1. The normalized spacial score (nSPS) is 11.6. The maximum Gasteiger partial charge on any atom is 0.261 e. The third kappa shape index (κ3) is 2.80. The maximum atomic E-state index is 12.0. The van der Waals surface area contributed by atoms with Crippen LogP contribution in [-0.4, -0.2) is 17.8 Å². The first-order chi connectivity index (χ1) is 7.97. The summed E-state index contributed by atoms with van der Waals surface area (Å²) in [4.78, 5) is 3.70. The molecular weight excluding hydrogens is 258 g/mol. The van der Waals surface area contributed by atoms with Crippen LogP contribution in [0, 0.1) is 6.92 Å². The van der Waals surface area contributed by atoms with E-state index in [2.05, 4.69) is 9.36 Å². The maximum absolute atomic E-state index is 12.0. The van der Waals surface area contributed by atoms with Crippen LogP contribution in [0.25, 0.3) is 0 Å². The summed E-state index contributed by atoms with van der Waals surface area (Å²) in [6.07, 6.45) is 0. The van der Waals surface area contributed by atoms with Gasteiger partial charge in [-0.1, -0.05) is 29.8 Å². The molecule has 1 aromatic carbocycles. The summed E-state index contributed by atoms with van der Waals surface area (Å²) in [5.41, 5.74) is 7.11. The van der Waals surface area contributed by atoms with E-state index < -0.39 is 9.84 Å². The third-order valence-corrected chi connectivity index (χ3v) is 4.25. The SMILES string of the molecule is Cc1cccc(CS(=O)(=O)c2nsc(N)n2)c1. The molecule has 2 aromatic rings. The fourth-order valence-corrected chi connectivity index (χ4v) is 3.38. The van der Waals surface area contributed by atoms with Crippen molar-refractivity contribution < 1.29 is 8.42 Å². The van der Waals surface area contributed by atoms with Crippen molar-refractivity contribution in [1.29, 1.82) is 0 Å². The molecule has 17 heavy (non-hydrogen) atoms. The van der Waals surface area contributed by atoms with E-state index in [0.717, 1.165) is 22.7 Å². The largest absolute Gasteiger partial charge is 0.374 e. The second-order valence-corrected chi connectivity index (χ2v) is 6.33. The Balaban J connectivity index is 2.29. The van der Waals surface area contributed by atoms with Gasteiger partial charge in [0.25, 0.3) is 5.16 Å². The molecule has 7 heteroatoms. The Morgan fingerprint density at radius 1 is 1.41 bits per heavy atom. The summed E-state index contributed by atoms with van der Waals surface area (Å²) in [6, 6.07) is 7.33. The quantitative estimate of drug-likeness (QED) is 0.910. The van der Waals surface area contributed by atoms with Crippen molar-refractivity contribution in [3.8, 4) is 0 Å². The summed E-state index contributed by atoms with van der Waals surface area (Å²) in [5, 5.41) is -0.0330. The molecular formula is C10H11N3O2S2. The first-order valence-electron chi connectivity index (χ1n) is 4.85. The van der Waals surface area contributed by atoms with E-state index in [0.29, 0.717) is 0 Å². The Morgan fingerprint density at radius 2 is 2.18 bits per heavy atom. The lowest BCUT2D eigenvalue weighted by Gasteiger charge is -2.01. The smallest absolute Gasteiger partial charge is 0.261 e. The Hall–Kier alpha value is -1.47. The van der Waals surface area contributed by atoms with Crippen molar-refractivity contribution in [1.82, 2.24) is 9.36 Å². The number of rotatable bonds is 3. The minimum Gasteiger partial charge on any atom is -0.374 e. The zero-order valence-corrected chi connectivity index (χ0v) is 10.8. The molecule has 0 amide bonds. The van der Waals surface area contributed by atoms with Crippen LogP contribution in [0.15, 0.2) is 29.4 Å². The molecule has 1 heterocycles. The fraction of sp³-hybridized carbons (Fsp3) is 0.200. The third-order valence-electron chi connectivity index (χ3n) is 2.14. The number of nitrogens with two attached hydrogens (primary N) is 1. The second kappa shape index (κ2) is 4.42. The lowest BCUT2D eigenvalue weighted by atomic mass is 10.2. The molecule has 0 aliphatic rings. The van der Waals surface area contributed by atoms with Crippen LogP contribution < -0.4 is 5.73 Å². The summed E-state index contributed by atoms with van der Waals surface area (Å²) >= 11 is 0.882. The van der Waals surface area contributed by atoms with Gasteiger partial charge in [0.1, 0.15) is 0 Å². The zero-order valence-electron chi connectivity index (χ0n) is 9.12. The monoisotopic (exact) mass is 269 g/mol. The molecule has 0 radical (unpaired) electrons. The van der Waals surface area contributed by atoms with Crippen LogP contribution in [0.1, 0.15) is 11.1 Å². The molecule has 0 fully saturated rings. The molecule has 90 valence electrons. The van der Waals surface area contributed by atoms with Gasteiger partial charge in [0.05, 0.1) is 5.75 Å². The van der Waals surface area contributed by atoms with Gasteiger partial charge in [0, 0.05) is 11.5 Å². The molecule has 0 saturated carbocycles. The van der Waals surface area contributed by atoms with Crippen molar-refractivity contribution in [3.05, 3.63) is 35.4 Å². The number of aromatic nitrogens is 2. The van der Waals surface area contributed by atoms with E-state index in [4.69, 9.17) is 5.73 Å². The predicted octanol–water partition coefficient (Wildman–Crippen LogP) is 1.40. The highest BCUT2D eigenvalue weighted by Gasteiger charge is 2.20. The van der Waals surface area contributed by atoms with E-state index in [1.54, 1.807) is 6.07 Å². The average Bonchev–Trinajstić information content (AvgIpc) is 2.65. The van der Waals surface area contributed by atoms with Gasteiger partial charge in [0.15, 0.2) is 0 Å². The van der Waals surface area contributed by atoms with Crippen molar-refractivity contribution in [2.45, 2.75) is 17.8 Å². The highest BCUT2D eigenvalue weighted by atomic mass is 32.2. The Labute approximate surface area is 103 Å². The van der Waals surface area contributed by atoms with Gasteiger partial charge in [-0.15, -0.1) is 0 Å². The molecule has 0 bridgehead atoms. The van der Waals surface area contributed by atoms with Gasteiger partial charge >= 0.3 is 0 Å². The summed E-state index contributed by atoms with van der Waals surface area (Å²) in [5.74, 6) is -0.106. The highest BCUT2D eigenvalue weighted by molar-refractivity contribution is 7.90. The number of sulfone groups is 1. The molecule has 5 nitrogen and oxygen atoms in total. The van der Waals surface area contributed by atoms with Crippen LogP contribution in [0.3, 0.4) is 0 Å². The molecule has 0 aliphatic carbocycles. The number of nitrogens with zero attached hydrogens (tertiary/aromatic N) is 2. The first kappa shape index (κ1) is 12.0. The molecule has 0 atom stereocenters. The van der Waals surface area contributed by atoms with Gasteiger partial charge in [-0.3, -0.25) is 0 Å². The topological polar surface area (TPSA) is 85.9 Å². The fourth-order valence-electron chi connectivity index (χ4n) is 1.43. The van der Waals surface area contributed by atoms with Gasteiger partial charge < -0.3 is 5.73 Å². The standard InChI is InChI=1S/C10H11N3O2S2/c1-7-3-2-4-8(5-7)6-17(14,15)10-12-9(11)16-13-10/h2-5H,6H2,1H3,(H2,11,12,13). The van der Waals surface area contributed by atoms with E-state index in [1.807, 2.05) is 25.1 Å². The Morgan fingerprint density at radius 3 is 2.76 bits per heavy atom. The van der Waals surface area contributed by atoms with Crippen LogP contribution in [-0.2, 0) is 15.6 Å². The van der Waals surface area contributed by atoms with Crippen molar-refractivity contribution in [2.75, 3.05) is 5.73 Å². The van der Waals surface area contributed by atoms with Gasteiger partial charge in [-0.2, -0.15) is 9.36 Å². The van der Waals surface area contributed by atoms with Crippen molar-refractivity contribution in [2.24, 2.45) is 0 Å². The van der Waals surface area contributed by atoms with Crippen LogP contribution in [0.2, 0.25) is 0 Å². The molecule has 0 unspecified atom stereocenters. The molecule has 2 N–H and O–H groups in total. The molecule has 1 aromatic heterocycles. The van der Waals surface area contributed by atoms with Crippen LogP contribution in [0.5, 0.6) is 0 Å². The second-order valence-electron chi connectivity index (χ2n) is 3.66. The molecule has 0 aliphatic heterocycles. The minimum atomic E-state index is -3.50. The number of anilines is 1. The predicted molar refractivity (Wildman–Crippen MR) is 66.4 cm³/mol. The number of benzene rings is 1. The highest BCUT2D eigenvalue weighted by Crippen LogP contribution is 2.17. The van der Waals surface area contributed by atoms with E-state index in [1.165, 1.54) is 0 Å². The number of hydrogen-bond donors (Lipinski definition) is 1. The van der Waals surface area contributed by atoms with Crippen molar-refractivity contribution >= 4 is 26.5 Å². The Kier molecular flexibility index (Phi) is 3.12. The number of hydrogen-bond acceptors (Lipinski definition) is 6. The summed E-state index contributed by atoms with van der Waals surface area (Å²) in [7, 11) is -3.50. The molecule has 2 rings (SSSR count). The average molecular weight is 269 g/mol. The van der Waals surface area contributed by atoms with E-state index in [9.17, 15) is 8.42 Å². The van der Waals surface area contributed by atoms with Gasteiger partial charge in [-0.05, 0) is 12.5 Å². The van der Waals surface area contributed by atoms with Crippen LogP contribution >= 0.6 is 11.5 Å². The summed E-state index contributed by atoms with van der Waals surface area (Å²) in [6.45, 7) is 1.91. The lowest BCUT2D eigenvalue weighted by molar-refractivity contribution is 0.588. The lowest BCUT2D eigenvalue weighted by Crippen LogP contribution is -2.07. The molecule has 0 saturated heterocycles. The van der Waals surface area contributed by atoms with E-state index >= 15 is 0 Å². The molecule has 0 spiro atoms. The van der Waals surface area contributed by atoms with E-state index in [-0.39, 0.29) is 16.0 Å². The van der Waals surface area contributed by atoms with Gasteiger partial charge in [-0.25, -0.2) is 8.42 Å². The van der Waals surface area contributed by atoms with Gasteiger partial charge in [0.2, 0.25) is 15.0 Å².